The first-order valence-electron chi connectivity index (χ1n) is 11.9. The first kappa shape index (κ1) is 33.7. The van der Waals surface area contributed by atoms with Crippen LogP contribution < -0.4 is 30.0 Å². The molecule has 1 atom stereocenters. The largest absolute Gasteiger partial charge is 0.493 e. The minimum absolute atomic E-state index is 0.0924. The van der Waals surface area contributed by atoms with Crippen LogP contribution in [0.15, 0.2) is 41.8 Å². The third kappa shape index (κ3) is 12.4. The Labute approximate surface area is 231 Å². The number of nitrogens with two attached hydrogens (primary N) is 1. The van der Waals surface area contributed by atoms with Crippen molar-refractivity contribution in [2.24, 2.45) is 5.73 Å². The third-order valence-electron chi connectivity index (χ3n) is 4.82. The van der Waals surface area contributed by atoms with E-state index in [-0.39, 0.29) is 17.4 Å². The molecule has 2 aromatic rings. The van der Waals surface area contributed by atoms with E-state index in [2.05, 4.69) is 5.32 Å². The number of carbonyl (C=O) groups is 1. The molecular formula is C26H38N2O9S2. The van der Waals surface area contributed by atoms with Gasteiger partial charge < -0.3 is 30.0 Å². The number of ether oxygens (including phenoxy) is 4. The molecule has 0 saturated heterocycles. The van der Waals surface area contributed by atoms with Crippen molar-refractivity contribution in [2.75, 3.05) is 45.7 Å². The Hall–Kier alpha value is -3.29. The number of carbonyl (C=O) groups excluding carboxylic acids is 1. The molecule has 218 valence electrons. The van der Waals surface area contributed by atoms with E-state index in [1.165, 1.54) is 20.3 Å². The van der Waals surface area contributed by atoms with Crippen LogP contribution in [0.3, 0.4) is 0 Å². The number of amides is 1. The molecule has 0 heterocycles. The smallest absolute Gasteiger partial charge is 0.221 e. The summed E-state index contributed by atoms with van der Waals surface area (Å²) >= 11 is 0. The lowest BCUT2D eigenvalue weighted by Gasteiger charge is -2.15. The van der Waals surface area contributed by atoms with Crippen molar-refractivity contribution < 1.29 is 40.6 Å². The van der Waals surface area contributed by atoms with Crippen LogP contribution in [-0.2, 0) is 24.5 Å². The maximum absolute atomic E-state index is 11.4. The number of sulfone groups is 2. The van der Waals surface area contributed by atoms with Gasteiger partial charge in [0.1, 0.15) is 9.84 Å². The third-order valence-corrected chi connectivity index (χ3v) is 6.44. The lowest BCUT2D eigenvalue weighted by molar-refractivity contribution is -0.117. The van der Waals surface area contributed by atoms with Crippen LogP contribution in [0.1, 0.15) is 37.9 Å². The van der Waals surface area contributed by atoms with E-state index in [1.54, 1.807) is 43.5 Å². The van der Waals surface area contributed by atoms with Crippen molar-refractivity contribution in [3.05, 3.63) is 52.9 Å². The Morgan fingerprint density at radius 2 is 1.41 bits per heavy atom. The maximum Gasteiger partial charge on any atom is 0.221 e. The molecule has 0 fully saturated rings. The normalized spacial score (nSPS) is 12.5. The molecule has 0 aliphatic heterocycles. The molecule has 0 aliphatic carbocycles. The van der Waals surface area contributed by atoms with Crippen molar-refractivity contribution in [3.63, 3.8) is 0 Å². The molecule has 3 N–H and O–H groups in total. The average Bonchev–Trinajstić information content (AvgIpc) is 2.82. The second-order valence-electron chi connectivity index (χ2n) is 8.38. The van der Waals surface area contributed by atoms with E-state index in [4.69, 9.17) is 24.7 Å². The van der Waals surface area contributed by atoms with Crippen LogP contribution in [0.2, 0.25) is 0 Å². The molecule has 0 aromatic heterocycles. The van der Waals surface area contributed by atoms with Gasteiger partial charge in [0.15, 0.2) is 32.8 Å². The van der Waals surface area contributed by atoms with Gasteiger partial charge >= 0.3 is 0 Å². The Balaban J connectivity index is 0.000000395. The van der Waals surface area contributed by atoms with E-state index in [0.29, 0.717) is 47.3 Å². The number of hydrogen-bond acceptors (Lipinski definition) is 10. The summed E-state index contributed by atoms with van der Waals surface area (Å²) in [5, 5.41) is 3.51. The van der Waals surface area contributed by atoms with Gasteiger partial charge in [-0.25, -0.2) is 16.8 Å². The molecule has 0 aliphatic rings. The second kappa shape index (κ2) is 15.3. The van der Waals surface area contributed by atoms with Crippen LogP contribution in [0.25, 0.3) is 5.70 Å². The highest BCUT2D eigenvalue weighted by Gasteiger charge is 2.16. The fourth-order valence-corrected chi connectivity index (χ4v) is 4.77. The lowest BCUT2D eigenvalue weighted by Crippen LogP contribution is -2.20. The molecule has 0 bridgehead atoms. The summed E-state index contributed by atoms with van der Waals surface area (Å²) in [5.41, 5.74) is 7.28. The molecule has 2 rings (SSSR count). The fourth-order valence-electron chi connectivity index (χ4n) is 3.30. The zero-order valence-electron chi connectivity index (χ0n) is 23.3. The Morgan fingerprint density at radius 3 is 1.85 bits per heavy atom. The molecule has 0 radical (unpaired) electrons. The molecule has 1 amide bonds. The van der Waals surface area contributed by atoms with Gasteiger partial charge in [0.2, 0.25) is 5.91 Å². The minimum Gasteiger partial charge on any atom is -0.493 e. The molecule has 11 nitrogen and oxygen atoms in total. The van der Waals surface area contributed by atoms with Crippen LogP contribution in [-0.4, -0.2) is 68.4 Å². The lowest BCUT2D eigenvalue weighted by atomic mass is 10.1. The molecule has 39 heavy (non-hydrogen) atoms. The summed E-state index contributed by atoms with van der Waals surface area (Å²) in [5.74, 6) is 1.72. The SMILES string of the molecule is CCOc1cc(C(=CS(C)(=O)=O)NC(C)=O)ccc1OC.CCOc1cc([C@H](N)CS(C)(=O)=O)ccc1OC. The molecule has 0 spiro atoms. The van der Waals surface area contributed by atoms with Crippen molar-refractivity contribution in [1.82, 2.24) is 5.32 Å². The number of benzene rings is 2. The number of methoxy groups -OCH3 is 2. The molecule has 2 aromatic carbocycles. The van der Waals surface area contributed by atoms with Crippen LogP contribution in [0, 0.1) is 0 Å². The zero-order chi connectivity index (χ0) is 29.8. The van der Waals surface area contributed by atoms with E-state index in [0.717, 1.165) is 11.7 Å². The average molecular weight is 587 g/mol. The molecular weight excluding hydrogens is 548 g/mol. The van der Waals surface area contributed by atoms with Crippen molar-refractivity contribution in [1.29, 1.82) is 0 Å². The maximum atomic E-state index is 11.4. The highest BCUT2D eigenvalue weighted by atomic mass is 32.2. The zero-order valence-corrected chi connectivity index (χ0v) is 24.9. The molecule has 13 heteroatoms. The van der Waals surface area contributed by atoms with Crippen molar-refractivity contribution in [3.8, 4) is 23.0 Å². The first-order valence-corrected chi connectivity index (χ1v) is 15.9. The van der Waals surface area contributed by atoms with E-state index >= 15 is 0 Å². The van der Waals surface area contributed by atoms with Gasteiger partial charge in [-0.3, -0.25) is 4.79 Å². The molecule has 0 saturated carbocycles. The van der Waals surface area contributed by atoms with E-state index < -0.39 is 25.7 Å². The summed E-state index contributed by atoms with van der Waals surface area (Å²) in [4.78, 5) is 11.2. The van der Waals surface area contributed by atoms with Gasteiger partial charge in [-0.1, -0.05) is 6.07 Å². The summed E-state index contributed by atoms with van der Waals surface area (Å²) < 4.78 is 66.5. The monoisotopic (exact) mass is 586 g/mol. The first-order chi connectivity index (χ1) is 18.1. The fraction of sp³-hybridized carbons (Fsp3) is 0.423. The highest BCUT2D eigenvalue weighted by Crippen LogP contribution is 2.31. The summed E-state index contributed by atoms with van der Waals surface area (Å²) in [6, 6.07) is 9.55. The predicted molar refractivity (Wildman–Crippen MR) is 152 cm³/mol. The molecule has 0 unspecified atom stereocenters. The quantitative estimate of drug-likeness (QED) is 0.378. The van der Waals surface area contributed by atoms with Gasteiger partial charge in [-0.2, -0.15) is 0 Å². The number of rotatable bonds is 12. The van der Waals surface area contributed by atoms with Gasteiger partial charge in [-0.05, 0) is 49.7 Å². The Bertz CT molecular complexity index is 1360. The number of nitrogens with one attached hydrogen (secondary N) is 1. The van der Waals surface area contributed by atoms with Crippen LogP contribution >= 0.6 is 0 Å². The second-order valence-corrected chi connectivity index (χ2v) is 12.5. The predicted octanol–water partition coefficient (Wildman–Crippen LogP) is 2.71. The van der Waals surface area contributed by atoms with Crippen molar-refractivity contribution in [2.45, 2.75) is 26.8 Å². The highest BCUT2D eigenvalue weighted by molar-refractivity contribution is 7.93. The van der Waals surface area contributed by atoms with Crippen LogP contribution in [0.4, 0.5) is 0 Å². The summed E-state index contributed by atoms with van der Waals surface area (Å²) in [6.07, 6.45) is 2.22. The van der Waals surface area contributed by atoms with Gasteiger partial charge in [0, 0.05) is 31.0 Å². The Kier molecular flexibility index (Phi) is 13.3. The Morgan fingerprint density at radius 1 is 0.897 bits per heavy atom. The van der Waals surface area contributed by atoms with Crippen LogP contribution in [0.5, 0.6) is 23.0 Å². The van der Waals surface area contributed by atoms with Gasteiger partial charge in [0.05, 0.1) is 44.3 Å². The van der Waals surface area contributed by atoms with E-state index in [1.807, 2.05) is 13.8 Å². The standard InChI is InChI=1S/C14H19NO5S.C12H19NO4S/c1-5-20-14-8-11(6-7-13(14)19-3)12(15-10(2)16)9-21(4,17)18;1-4-17-12-7-9(5-6-11(12)16-2)10(13)8-18(3,14)15/h6-9H,5H2,1-4H3,(H,15,16);5-7,10H,4,8,13H2,1-3H3/t;10-/m.1/s1. The minimum atomic E-state index is -3.41. The summed E-state index contributed by atoms with van der Waals surface area (Å²) in [7, 11) is -3.45. The topological polar surface area (TPSA) is 160 Å². The van der Waals surface area contributed by atoms with E-state index in [9.17, 15) is 21.6 Å². The van der Waals surface area contributed by atoms with Gasteiger partial charge in [0.25, 0.3) is 0 Å². The van der Waals surface area contributed by atoms with Crippen molar-refractivity contribution >= 4 is 31.3 Å². The summed E-state index contributed by atoms with van der Waals surface area (Å²) in [6.45, 7) is 5.94. The number of hydrogen-bond donors (Lipinski definition) is 2. The van der Waals surface area contributed by atoms with Gasteiger partial charge in [-0.15, -0.1) is 0 Å².